The van der Waals surface area contributed by atoms with Gasteiger partial charge in [0.25, 0.3) is 0 Å². The Labute approximate surface area is 108 Å². The maximum absolute atomic E-state index is 4.34. The van der Waals surface area contributed by atoms with E-state index in [0.717, 1.165) is 34.3 Å². The van der Waals surface area contributed by atoms with Crippen molar-refractivity contribution in [3.63, 3.8) is 0 Å². The average molecular weight is 295 g/mol. The summed E-state index contributed by atoms with van der Waals surface area (Å²) in [6.45, 7) is 2.16. The summed E-state index contributed by atoms with van der Waals surface area (Å²) in [4.78, 5) is 7.47. The first-order chi connectivity index (χ1) is 8.34. The number of anilines is 1. The maximum Gasteiger partial charge on any atom is 0.139 e. The highest BCUT2D eigenvalue weighted by Gasteiger charge is 2.15. The SMILES string of the molecule is Brc1cnc2[nH]ccc2c1NC1CCCNC1. The Morgan fingerprint density at radius 2 is 2.41 bits per heavy atom. The van der Waals surface area contributed by atoms with Crippen LogP contribution in [0.5, 0.6) is 0 Å². The number of nitrogens with one attached hydrogen (secondary N) is 3. The lowest BCUT2D eigenvalue weighted by Crippen LogP contribution is -2.38. The van der Waals surface area contributed by atoms with Crippen molar-refractivity contribution in [1.82, 2.24) is 15.3 Å². The minimum absolute atomic E-state index is 0.501. The quantitative estimate of drug-likeness (QED) is 0.798. The Morgan fingerprint density at radius 3 is 3.24 bits per heavy atom. The molecule has 1 aliphatic rings. The Balaban J connectivity index is 1.92. The van der Waals surface area contributed by atoms with Crippen LogP contribution in [0.25, 0.3) is 11.0 Å². The summed E-state index contributed by atoms with van der Waals surface area (Å²) in [6.07, 6.45) is 6.22. The summed E-state index contributed by atoms with van der Waals surface area (Å²) < 4.78 is 1.02. The number of fused-ring (bicyclic) bond motifs is 1. The smallest absolute Gasteiger partial charge is 0.139 e. The van der Waals surface area contributed by atoms with Crippen LogP contribution in [0, 0.1) is 0 Å². The minimum atomic E-state index is 0.501. The predicted molar refractivity (Wildman–Crippen MR) is 73.3 cm³/mol. The number of H-pyrrole nitrogens is 1. The Bertz CT molecular complexity index is 516. The number of nitrogens with zero attached hydrogens (tertiary/aromatic N) is 1. The first-order valence-electron chi connectivity index (χ1n) is 5.93. The highest BCUT2D eigenvalue weighted by atomic mass is 79.9. The standard InChI is InChI=1S/C12H15BrN4/c13-10-7-16-12-9(3-5-15-12)11(10)17-8-2-1-4-14-6-8/h3,5,7-8,14H,1-2,4,6H2,(H2,15,16,17). The van der Waals surface area contributed by atoms with E-state index in [2.05, 4.69) is 42.6 Å². The van der Waals surface area contributed by atoms with Crippen molar-refractivity contribution in [3.05, 3.63) is 22.9 Å². The van der Waals surface area contributed by atoms with Gasteiger partial charge >= 0.3 is 0 Å². The number of pyridine rings is 1. The fourth-order valence-corrected chi connectivity index (χ4v) is 2.74. The molecule has 0 saturated carbocycles. The van der Waals surface area contributed by atoms with Gasteiger partial charge in [-0.05, 0) is 41.4 Å². The zero-order valence-electron chi connectivity index (χ0n) is 9.46. The lowest BCUT2D eigenvalue weighted by Gasteiger charge is -2.25. The number of rotatable bonds is 2. The number of halogens is 1. The third-order valence-corrected chi connectivity index (χ3v) is 3.79. The van der Waals surface area contributed by atoms with Crippen molar-refractivity contribution in [3.8, 4) is 0 Å². The van der Waals surface area contributed by atoms with Crippen molar-refractivity contribution < 1.29 is 0 Å². The van der Waals surface area contributed by atoms with E-state index in [1.54, 1.807) is 0 Å². The second-order valence-corrected chi connectivity index (χ2v) is 5.26. The fraction of sp³-hybridized carbons (Fsp3) is 0.417. The van der Waals surface area contributed by atoms with Crippen molar-refractivity contribution in [2.24, 2.45) is 0 Å². The number of hydrogen-bond donors (Lipinski definition) is 3. The van der Waals surface area contributed by atoms with Crippen molar-refractivity contribution >= 4 is 32.7 Å². The van der Waals surface area contributed by atoms with Crippen LogP contribution in [0.2, 0.25) is 0 Å². The van der Waals surface area contributed by atoms with Gasteiger partial charge in [-0.1, -0.05) is 0 Å². The molecule has 1 saturated heterocycles. The molecule has 3 heterocycles. The third kappa shape index (κ3) is 2.17. The van der Waals surface area contributed by atoms with Crippen LogP contribution in [-0.4, -0.2) is 29.1 Å². The highest BCUT2D eigenvalue weighted by Crippen LogP contribution is 2.30. The van der Waals surface area contributed by atoms with E-state index in [1.807, 2.05) is 12.4 Å². The molecule has 0 aromatic carbocycles. The molecule has 0 spiro atoms. The summed E-state index contributed by atoms with van der Waals surface area (Å²) in [5, 5.41) is 8.17. The Hall–Kier alpha value is -1.07. The van der Waals surface area contributed by atoms with E-state index in [0.29, 0.717) is 6.04 Å². The van der Waals surface area contributed by atoms with E-state index in [9.17, 15) is 0 Å². The third-order valence-electron chi connectivity index (χ3n) is 3.19. The molecule has 0 bridgehead atoms. The van der Waals surface area contributed by atoms with Crippen LogP contribution < -0.4 is 10.6 Å². The predicted octanol–water partition coefficient (Wildman–Crippen LogP) is 2.49. The van der Waals surface area contributed by atoms with Crippen molar-refractivity contribution in [2.45, 2.75) is 18.9 Å². The van der Waals surface area contributed by atoms with Gasteiger partial charge in [-0.25, -0.2) is 4.98 Å². The van der Waals surface area contributed by atoms with Gasteiger partial charge in [-0.2, -0.15) is 0 Å². The van der Waals surface area contributed by atoms with Crippen LogP contribution in [0.1, 0.15) is 12.8 Å². The molecule has 0 radical (unpaired) electrons. The number of hydrogen-bond acceptors (Lipinski definition) is 3. The summed E-state index contributed by atoms with van der Waals surface area (Å²) in [5.41, 5.74) is 2.07. The zero-order chi connectivity index (χ0) is 11.7. The molecule has 5 heteroatoms. The molecule has 0 amide bonds. The minimum Gasteiger partial charge on any atom is -0.379 e. The number of aromatic amines is 1. The normalized spacial score (nSPS) is 20.6. The van der Waals surface area contributed by atoms with Crippen LogP contribution in [0.3, 0.4) is 0 Å². The monoisotopic (exact) mass is 294 g/mol. The van der Waals surface area contributed by atoms with Crippen LogP contribution in [-0.2, 0) is 0 Å². The van der Waals surface area contributed by atoms with Gasteiger partial charge in [-0.15, -0.1) is 0 Å². The maximum atomic E-state index is 4.34. The number of piperidine rings is 1. The summed E-state index contributed by atoms with van der Waals surface area (Å²) >= 11 is 3.57. The molecule has 2 aromatic heterocycles. The highest BCUT2D eigenvalue weighted by molar-refractivity contribution is 9.10. The second kappa shape index (κ2) is 4.66. The molecule has 17 heavy (non-hydrogen) atoms. The van der Waals surface area contributed by atoms with Gasteiger partial charge in [0.05, 0.1) is 10.2 Å². The first-order valence-corrected chi connectivity index (χ1v) is 6.73. The largest absolute Gasteiger partial charge is 0.379 e. The lowest BCUT2D eigenvalue weighted by atomic mass is 10.1. The number of aromatic nitrogens is 2. The van der Waals surface area contributed by atoms with Crippen LogP contribution >= 0.6 is 15.9 Å². The first kappa shape index (κ1) is 11.0. The molecule has 1 atom stereocenters. The molecule has 1 unspecified atom stereocenters. The molecule has 4 nitrogen and oxygen atoms in total. The molecule has 3 rings (SSSR count). The Kier molecular flexibility index (Phi) is 3.03. The molecular weight excluding hydrogens is 280 g/mol. The van der Waals surface area contributed by atoms with Crippen molar-refractivity contribution in [1.29, 1.82) is 0 Å². The van der Waals surface area contributed by atoms with Gasteiger partial charge in [0.2, 0.25) is 0 Å². The van der Waals surface area contributed by atoms with E-state index in [4.69, 9.17) is 0 Å². The summed E-state index contributed by atoms with van der Waals surface area (Å²) in [6, 6.07) is 2.56. The fourth-order valence-electron chi connectivity index (χ4n) is 2.31. The van der Waals surface area contributed by atoms with Crippen LogP contribution in [0.15, 0.2) is 22.9 Å². The Morgan fingerprint density at radius 1 is 1.47 bits per heavy atom. The van der Waals surface area contributed by atoms with Crippen molar-refractivity contribution in [2.75, 3.05) is 18.4 Å². The molecular formula is C12H15BrN4. The topological polar surface area (TPSA) is 52.7 Å². The second-order valence-electron chi connectivity index (χ2n) is 4.41. The molecule has 1 fully saturated rings. The van der Waals surface area contributed by atoms with Crippen LogP contribution in [0.4, 0.5) is 5.69 Å². The lowest BCUT2D eigenvalue weighted by molar-refractivity contribution is 0.480. The van der Waals surface area contributed by atoms with Gasteiger partial charge in [-0.3, -0.25) is 0 Å². The van der Waals surface area contributed by atoms with Gasteiger partial charge in [0.15, 0.2) is 0 Å². The van der Waals surface area contributed by atoms with E-state index in [1.165, 1.54) is 12.8 Å². The average Bonchev–Trinajstić information content (AvgIpc) is 2.83. The zero-order valence-corrected chi connectivity index (χ0v) is 11.0. The molecule has 2 aromatic rings. The van der Waals surface area contributed by atoms with Gasteiger partial charge < -0.3 is 15.6 Å². The summed E-state index contributed by atoms with van der Waals surface area (Å²) in [5.74, 6) is 0. The van der Waals surface area contributed by atoms with Gasteiger partial charge in [0, 0.05) is 30.4 Å². The summed E-state index contributed by atoms with van der Waals surface area (Å²) in [7, 11) is 0. The van der Waals surface area contributed by atoms with E-state index >= 15 is 0 Å². The molecule has 3 N–H and O–H groups in total. The van der Waals surface area contributed by atoms with E-state index in [-0.39, 0.29) is 0 Å². The molecule has 90 valence electrons. The van der Waals surface area contributed by atoms with E-state index < -0.39 is 0 Å². The molecule has 1 aliphatic heterocycles. The van der Waals surface area contributed by atoms with Gasteiger partial charge in [0.1, 0.15) is 5.65 Å². The molecule has 0 aliphatic carbocycles.